The van der Waals surface area contributed by atoms with Crippen LogP contribution in [0.25, 0.3) is 0 Å². The molecule has 0 aromatic heterocycles. The van der Waals surface area contributed by atoms with Gasteiger partial charge in [-0.15, -0.1) is 0 Å². The van der Waals surface area contributed by atoms with E-state index in [1.54, 1.807) is 13.2 Å². The van der Waals surface area contributed by atoms with Crippen molar-refractivity contribution >= 4 is 5.69 Å². The second kappa shape index (κ2) is 5.82. The van der Waals surface area contributed by atoms with E-state index in [1.165, 1.54) is 12.1 Å². The zero-order valence-electron chi connectivity index (χ0n) is 10.8. The Morgan fingerprint density at radius 3 is 2.42 bits per heavy atom. The topological polar surface area (TPSA) is 21.3 Å². The Morgan fingerprint density at radius 2 is 1.84 bits per heavy atom. The maximum Gasteiger partial charge on any atom is 0.416 e. The quantitative estimate of drug-likeness (QED) is 0.896. The number of nitrogens with one attached hydrogen (secondary N) is 1. The number of ether oxygens (including phenoxy) is 1. The Kier molecular flexibility index (Phi) is 4.34. The number of hydrogen-bond donors (Lipinski definition) is 1. The molecule has 1 fully saturated rings. The van der Waals surface area contributed by atoms with E-state index in [1.807, 2.05) is 0 Å². The van der Waals surface area contributed by atoms with Crippen LogP contribution in [0, 0.1) is 0 Å². The molecule has 2 nitrogen and oxygen atoms in total. The number of methoxy groups -OCH3 is 1. The lowest BCUT2D eigenvalue weighted by atomic mass is 9.93. The van der Waals surface area contributed by atoms with Crippen molar-refractivity contribution in [3.8, 4) is 0 Å². The van der Waals surface area contributed by atoms with Gasteiger partial charge in [0.25, 0.3) is 0 Å². The monoisotopic (exact) mass is 273 g/mol. The van der Waals surface area contributed by atoms with E-state index in [-0.39, 0.29) is 6.04 Å². The average molecular weight is 273 g/mol. The highest BCUT2D eigenvalue weighted by Crippen LogP contribution is 2.31. The van der Waals surface area contributed by atoms with Gasteiger partial charge in [-0.1, -0.05) is 6.07 Å². The van der Waals surface area contributed by atoms with Gasteiger partial charge in [0.05, 0.1) is 11.7 Å². The number of benzene rings is 1. The maximum absolute atomic E-state index is 12.6. The third-order valence-electron chi connectivity index (χ3n) is 3.57. The van der Waals surface area contributed by atoms with Crippen LogP contribution in [0.3, 0.4) is 0 Å². The minimum atomic E-state index is -4.29. The Hall–Kier alpha value is -1.23. The summed E-state index contributed by atoms with van der Waals surface area (Å²) >= 11 is 0. The fourth-order valence-electron chi connectivity index (χ4n) is 2.46. The average Bonchev–Trinajstić information content (AvgIpc) is 2.39. The molecule has 19 heavy (non-hydrogen) atoms. The van der Waals surface area contributed by atoms with Crippen LogP contribution in [0.5, 0.6) is 0 Å². The smallest absolute Gasteiger partial charge is 0.382 e. The van der Waals surface area contributed by atoms with E-state index in [0.717, 1.165) is 31.7 Å². The molecule has 0 saturated heterocycles. The lowest BCUT2D eigenvalue weighted by Gasteiger charge is -2.29. The predicted molar refractivity (Wildman–Crippen MR) is 68.1 cm³/mol. The molecule has 1 aromatic rings. The molecule has 1 aliphatic rings. The molecular weight excluding hydrogens is 255 g/mol. The second-order valence-electron chi connectivity index (χ2n) is 4.93. The fraction of sp³-hybridized carbons (Fsp3) is 0.571. The molecule has 1 aromatic carbocycles. The summed E-state index contributed by atoms with van der Waals surface area (Å²) in [5, 5.41) is 3.18. The zero-order valence-corrected chi connectivity index (χ0v) is 10.8. The van der Waals surface area contributed by atoms with Crippen LogP contribution in [0.1, 0.15) is 31.2 Å². The highest BCUT2D eigenvalue weighted by atomic mass is 19.4. The van der Waals surface area contributed by atoms with Crippen molar-refractivity contribution in [3.63, 3.8) is 0 Å². The number of halogens is 3. The van der Waals surface area contributed by atoms with Crippen molar-refractivity contribution in [1.82, 2.24) is 0 Å². The molecule has 1 saturated carbocycles. The van der Waals surface area contributed by atoms with Gasteiger partial charge in [-0.05, 0) is 43.9 Å². The molecule has 0 aliphatic heterocycles. The van der Waals surface area contributed by atoms with E-state index >= 15 is 0 Å². The van der Waals surface area contributed by atoms with E-state index in [9.17, 15) is 13.2 Å². The Morgan fingerprint density at radius 1 is 1.16 bits per heavy atom. The molecule has 106 valence electrons. The number of hydrogen-bond acceptors (Lipinski definition) is 2. The van der Waals surface area contributed by atoms with Crippen molar-refractivity contribution in [2.45, 2.75) is 44.0 Å². The van der Waals surface area contributed by atoms with E-state index in [4.69, 9.17) is 4.74 Å². The van der Waals surface area contributed by atoms with Gasteiger partial charge in [0, 0.05) is 18.8 Å². The molecule has 5 heteroatoms. The Labute approximate surface area is 111 Å². The first-order valence-corrected chi connectivity index (χ1v) is 6.45. The first kappa shape index (κ1) is 14.2. The standard InChI is InChI=1S/C14H18F3NO/c1-19-13-7-5-11(6-8-13)18-12-4-2-3-10(9-12)14(15,16)17/h2-4,9,11,13,18H,5-8H2,1H3. The van der Waals surface area contributed by atoms with Gasteiger partial charge in [0.1, 0.15) is 0 Å². The van der Waals surface area contributed by atoms with Gasteiger partial charge in [-0.2, -0.15) is 13.2 Å². The van der Waals surface area contributed by atoms with Crippen molar-refractivity contribution in [2.24, 2.45) is 0 Å². The van der Waals surface area contributed by atoms with Crippen LogP contribution in [0.2, 0.25) is 0 Å². The van der Waals surface area contributed by atoms with E-state index in [2.05, 4.69) is 5.32 Å². The molecule has 0 spiro atoms. The van der Waals surface area contributed by atoms with Crippen molar-refractivity contribution in [1.29, 1.82) is 0 Å². The third-order valence-corrected chi connectivity index (χ3v) is 3.57. The zero-order chi connectivity index (χ0) is 13.9. The van der Waals surface area contributed by atoms with Crippen molar-refractivity contribution in [2.75, 3.05) is 12.4 Å². The van der Waals surface area contributed by atoms with Gasteiger partial charge in [0.2, 0.25) is 0 Å². The minimum absolute atomic E-state index is 0.231. The molecule has 0 heterocycles. The molecule has 0 atom stereocenters. The molecule has 0 radical (unpaired) electrons. The molecule has 1 aliphatic carbocycles. The highest BCUT2D eigenvalue weighted by Gasteiger charge is 2.30. The van der Waals surface area contributed by atoms with Crippen LogP contribution >= 0.6 is 0 Å². The third kappa shape index (κ3) is 3.86. The highest BCUT2D eigenvalue weighted by molar-refractivity contribution is 5.47. The van der Waals surface area contributed by atoms with Crippen LogP contribution in [-0.2, 0) is 10.9 Å². The van der Waals surface area contributed by atoms with Crippen molar-refractivity contribution < 1.29 is 17.9 Å². The molecule has 0 amide bonds. The summed E-state index contributed by atoms with van der Waals surface area (Å²) in [6.45, 7) is 0. The SMILES string of the molecule is COC1CCC(Nc2cccc(C(F)(F)F)c2)CC1. The minimum Gasteiger partial charge on any atom is -0.382 e. The van der Waals surface area contributed by atoms with Crippen LogP contribution in [0.4, 0.5) is 18.9 Å². The van der Waals surface area contributed by atoms with Crippen LogP contribution in [0.15, 0.2) is 24.3 Å². The summed E-state index contributed by atoms with van der Waals surface area (Å²) < 4.78 is 43.1. The summed E-state index contributed by atoms with van der Waals surface area (Å²) in [6.07, 6.45) is -0.241. The molecular formula is C14H18F3NO. The Balaban J connectivity index is 1.97. The Bertz CT molecular complexity index is 411. The van der Waals surface area contributed by atoms with Crippen molar-refractivity contribution in [3.05, 3.63) is 29.8 Å². The molecule has 1 N–H and O–H groups in total. The lowest BCUT2D eigenvalue weighted by Crippen LogP contribution is -2.29. The maximum atomic E-state index is 12.6. The lowest BCUT2D eigenvalue weighted by molar-refractivity contribution is -0.137. The number of rotatable bonds is 3. The summed E-state index contributed by atoms with van der Waals surface area (Å²) in [5.74, 6) is 0. The molecule has 2 rings (SSSR count). The molecule has 0 unspecified atom stereocenters. The van der Waals surface area contributed by atoms with Gasteiger partial charge in [-0.3, -0.25) is 0 Å². The summed E-state index contributed by atoms with van der Waals surface area (Å²) in [7, 11) is 1.70. The molecule has 0 bridgehead atoms. The second-order valence-corrected chi connectivity index (χ2v) is 4.93. The normalized spacial score (nSPS) is 24.2. The van der Waals surface area contributed by atoms with Gasteiger partial charge in [0.15, 0.2) is 0 Å². The number of anilines is 1. The summed E-state index contributed by atoms with van der Waals surface area (Å²) in [5.41, 5.74) is -0.0706. The number of alkyl halides is 3. The fourth-order valence-corrected chi connectivity index (χ4v) is 2.46. The van der Waals surface area contributed by atoms with Crippen LogP contribution < -0.4 is 5.32 Å². The first-order chi connectivity index (χ1) is 8.99. The van der Waals surface area contributed by atoms with Gasteiger partial charge >= 0.3 is 6.18 Å². The van der Waals surface area contributed by atoms with Crippen LogP contribution in [-0.4, -0.2) is 19.3 Å². The van der Waals surface area contributed by atoms with Gasteiger partial charge < -0.3 is 10.1 Å². The summed E-state index contributed by atoms with van der Waals surface area (Å²) in [4.78, 5) is 0. The van der Waals surface area contributed by atoms with Gasteiger partial charge in [-0.25, -0.2) is 0 Å². The first-order valence-electron chi connectivity index (χ1n) is 6.45. The summed E-state index contributed by atoms with van der Waals surface area (Å²) in [6, 6.07) is 5.61. The largest absolute Gasteiger partial charge is 0.416 e. The predicted octanol–water partition coefficient (Wildman–Crippen LogP) is 4.07. The van der Waals surface area contributed by atoms with E-state index < -0.39 is 11.7 Å². The van der Waals surface area contributed by atoms with E-state index in [0.29, 0.717) is 11.8 Å².